The highest BCUT2D eigenvalue weighted by Gasteiger charge is 2.15. The zero-order chi connectivity index (χ0) is 13.1. The standard InChI is InChI=1S/C12H15N3OS2/c1-7(13)12-15-9(6-18-12)11(16)14-8(2)10-4-3-5-17-10/h3-8H,13H2,1-2H3,(H,14,16)/t7?,8-/m1/s1. The predicted octanol–water partition coefficient (Wildman–Crippen LogP) is 2.72. The molecule has 1 amide bonds. The summed E-state index contributed by atoms with van der Waals surface area (Å²) < 4.78 is 0. The molecule has 0 aliphatic heterocycles. The number of thiazole rings is 1. The first-order valence-corrected chi connectivity index (χ1v) is 7.39. The number of nitrogens with zero attached hydrogens (tertiary/aromatic N) is 1. The van der Waals surface area contributed by atoms with Gasteiger partial charge in [0.2, 0.25) is 0 Å². The minimum absolute atomic E-state index is 0.00190. The first-order chi connectivity index (χ1) is 8.58. The second kappa shape index (κ2) is 5.60. The van der Waals surface area contributed by atoms with Gasteiger partial charge in [0, 0.05) is 10.3 Å². The van der Waals surface area contributed by atoms with E-state index in [4.69, 9.17) is 5.73 Å². The summed E-state index contributed by atoms with van der Waals surface area (Å²) in [6.07, 6.45) is 0. The molecule has 0 spiro atoms. The van der Waals surface area contributed by atoms with E-state index in [0.717, 1.165) is 9.88 Å². The third-order valence-electron chi connectivity index (χ3n) is 2.46. The maximum atomic E-state index is 12.0. The molecule has 0 aromatic carbocycles. The van der Waals surface area contributed by atoms with Gasteiger partial charge in [-0.1, -0.05) is 6.07 Å². The number of carbonyl (C=O) groups is 1. The fourth-order valence-electron chi connectivity index (χ4n) is 1.48. The molecule has 0 aliphatic carbocycles. The van der Waals surface area contributed by atoms with Crippen molar-refractivity contribution in [3.63, 3.8) is 0 Å². The van der Waals surface area contributed by atoms with Crippen LogP contribution in [0, 0.1) is 0 Å². The number of thiophene rings is 1. The van der Waals surface area contributed by atoms with E-state index in [-0.39, 0.29) is 18.0 Å². The molecular formula is C12H15N3OS2. The van der Waals surface area contributed by atoms with Crippen LogP contribution in [0.3, 0.4) is 0 Å². The van der Waals surface area contributed by atoms with Crippen LogP contribution in [0.4, 0.5) is 0 Å². The lowest BCUT2D eigenvalue weighted by Gasteiger charge is -2.10. The zero-order valence-electron chi connectivity index (χ0n) is 10.2. The van der Waals surface area contributed by atoms with Crippen LogP contribution < -0.4 is 11.1 Å². The molecule has 18 heavy (non-hydrogen) atoms. The van der Waals surface area contributed by atoms with E-state index < -0.39 is 0 Å². The Balaban J connectivity index is 2.03. The molecule has 0 aliphatic rings. The Morgan fingerprint density at radius 2 is 2.22 bits per heavy atom. The van der Waals surface area contributed by atoms with Crippen molar-refractivity contribution in [2.45, 2.75) is 25.9 Å². The Kier molecular flexibility index (Phi) is 4.11. The van der Waals surface area contributed by atoms with Crippen molar-refractivity contribution in [1.82, 2.24) is 10.3 Å². The number of hydrogen-bond acceptors (Lipinski definition) is 5. The number of aromatic nitrogens is 1. The van der Waals surface area contributed by atoms with Gasteiger partial charge in [-0.25, -0.2) is 4.98 Å². The average Bonchev–Trinajstić information content (AvgIpc) is 3.00. The van der Waals surface area contributed by atoms with Gasteiger partial charge in [-0.15, -0.1) is 22.7 Å². The Bertz CT molecular complexity index is 519. The van der Waals surface area contributed by atoms with E-state index in [1.54, 1.807) is 16.7 Å². The third-order valence-corrected chi connectivity index (χ3v) is 4.56. The van der Waals surface area contributed by atoms with Crippen LogP contribution in [0.5, 0.6) is 0 Å². The Labute approximate surface area is 114 Å². The molecule has 6 heteroatoms. The van der Waals surface area contributed by atoms with E-state index in [9.17, 15) is 4.79 Å². The lowest BCUT2D eigenvalue weighted by atomic mass is 10.2. The van der Waals surface area contributed by atoms with Crippen LogP contribution >= 0.6 is 22.7 Å². The monoisotopic (exact) mass is 281 g/mol. The van der Waals surface area contributed by atoms with Gasteiger partial charge in [0.15, 0.2) is 0 Å². The molecule has 0 fully saturated rings. The van der Waals surface area contributed by atoms with Crippen molar-refractivity contribution >= 4 is 28.6 Å². The molecule has 2 heterocycles. The van der Waals surface area contributed by atoms with Crippen LogP contribution in [-0.2, 0) is 0 Å². The van der Waals surface area contributed by atoms with Gasteiger partial charge in [-0.05, 0) is 25.3 Å². The van der Waals surface area contributed by atoms with E-state index in [0.29, 0.717) is 5.69 Å². The fourth-order valence-corrected chi connectivity index (χ4v) is 2.97. The minimum atomic E-state index is -0.154. The van der Waals surface area contributed by atoms with E-state index in [1.165, 1.54) is 11.3 Å². The number of carbonyl (C=O) groups excluding carboxylic acids is 1. The van der Waals surface area contributed by atoms with Gasteiger partial charge in [0.1, 0.15) is 10.7 Å². The van der Waals surface area contributed by atoms with Crippen molar-refractivity contribution in [3.8, 4) is 0 Å². The summed E-state index contributed by atoms with van der Waals surface area (Å²) in [7, 11) is 0. The number of hydrogen-bond donors (Lipinski definition) is 2. The van der Waals surface area contributed by atoms with E-state index >= 15 is 0 Å². The van der Waals surface area contributed by atoms with Crippen molar-refractivity contribution < 1.29 is 4.79 Å². The van der Waals surface area contributed by atoms with Gasteiger partial charge in [-0.3, -0.25) is 4.79 Å². The molecule has 4 nitrogen and oxygen atoms in total. The van der Waals surface area contributed by atoms with Crippen molar-refractivity contribution in [3.05, 3.63) is 38.5 Å². The molecule has 2 rings (SSSR count). The van der Waals surface area contributed by atoms with Gasteiger partial charge >= 0.3 is 0 Å². The molecule has 2 atom stereocenters. The normalized spacial score (nSPS) is 14.2. The summed E-state index contributed by atoms with van der Waals surface area (Å²) in [5.41, 5.74) is 6.16. The second-order valence-corrected chi connectivity index (χ2v) is 5.94. The lowest BCUT2D eigenvalue weighted by Crippen LogP contribution is -2.26. The van der Waals surface area contributed by atoms with E-state index in [1.807, 2.05) is 31.4 Å². The first kappa shape index (κ1) is 13.2. The van der Waals surface area contributed by atoms with Crippen LogP contribution in [0.2, 0.25) is 0 Å². The second-order valence-electron chi connectivity index (χ2n) is 4.07. The molecule has 0 bridgehead atoms. The number of amides is 1. The Morgan fingerprint density at radius 1 is 1.44 bits per heavy atom. The fraction of sp³-hybridized carbons (Fsp3) is 0.333. The first-order valence-electron chi connectivity index (χ1n) is 5.63. The molecule has 2 aromatic rings. The largest absolute Gasteiger partial charge is 0.343 e. The summed E-state index contributed by atoms with van der Waals surface area (Å²) in [5, 5.41) is 7.45. The molecule has 1 unspecified atom stereocenters. The van der Waals surface area contributed by atoms with Crippen molar-refractivity contribution in [1.29, 1.82) is 0 Å². The molecule has 96 valence electrons. The van der Waals surface area contributed by atoms with Crippen LogP contribution in [0.25, 0.3) is 0 Å². The summed E-state index contributed by atoms with van der Waals surface area (Å²) in [6.45, 7) is 3.82. The molecule has 0 saturated heterocycles. The summed E-state index contributed by atoms with van der Waals surface area (Å²) >= 11 is 3.04. The number of nitrogens with one attached hydrogen (secondary N) is 1. The Morgan fingerprint density at radius 3 is 2.78 bits per heavy atom. The van der Waals surface area contributed by atoms with Crippen LogP contribution in [-0.4, -0.2) is 10.9 Å². The molecule has 0 radical (unpaired) electrons. The SMILES string of the molecule is CC(N)c1nc(C(=O)N[C@H](C)c2cccs2)cs1. The Hall–Kier alpha value is -1.24. The van der Waals surface area contributed by atoms with Gasteiger partial charge < -0.3 is 11.1 Å². The average molecular weight is 281 g/mol. The maximum Gasteiger partial charge on any atom is 0.271 e. The maximum absolute atomic E-state index is 12.0. The lowest BCUT2D eigenvalue weighted by molar-refractivity contribution is 0.0936. The van der Waals surface area contributed by atoms with Gasteiger partial charge in [0.05, 0.1) is 12.1 Å². The zero-order valence-corrected chi connectivity index (χ0v) is 11.8. The molecule has 3 N–H and O–H groups in total. The number of nitrogens with two attached hydrogens (primary N) is 1. The quantitative estimate of drug-likeness (QED) is 0.905. The predicted molar refractivity (Wildman–Crippen MR) is 74.9 cm³/mol. The van der Waals surface area contributed by atoms with Crippen LogP contribution in [0.1, 0.15) is 46.3 Å². The van der Waals surface area contributed by atoms with Crippen LogP contribution in [0.15, 0.2) is 22.9 Å². The molecule has 2 aromatic heterocycles. The van der Waals surface area contributed by atoms with Gasteiger partial charge in [-0.2, -0.15) is 0 Å². The highest BCUT2D eigenvalue weighted by molar-refractivity contribution is 7.10. The molecular weight excluding hydrogens is 266 g/mol. The third kappa shape index (κ3) is 2.95. The minimum Gasteiger partial charge on any atom is -0.343 e. The van der Waals surface area contributed by atoms with Crippen molar-refractivity contribution in [2.24, 2.45) is 5.73 Å². The topological polar surface area (TPSA) is 68.0 Å². The van der Waals surface area contributed by atoms with Gasteiger partial charge in [0.25, 0.3) is 5.91 Å². The smallest absolute Gasteiger partial charge is 0.271 e. The highest BCUT2D eigenvalue weighted by atomic mass is 32.1. The summed E-state index contributed by atoms with van der Waals surface area (Å²) in [6, 6.07) is 3.84. The summed E-state index contributed by atoms with van der Waals surface area (Å²) in [4.78, 5) is 17.3. The number of rotatable bonds is 4. The summed E-state index contributed by atoms with van der Waals surface area (Å²) in [5.74, 6) is -0.154. The van der Waals surface area contributed by atoms with Crippen molar-refractivity contribution in [2.75, 3.05) is 0 Å². The van der Waals surface area contributed by atoms with E-state index in [2.05, 4.69) is 10.3 Å². The molecule has 0 saturated carbocycles. The highest BCUT2D eigenvalue weighted by Crippen LogP contribution is 2.20.